The summed E-state index contributed by atoms with van der Waals surface area (Å²) >= 11 is 0. The van der Waals surface area contributed by atoms with Crippen molar-refractivity contribution in [3.63, 3.8) is 0 Å². The molecule has 0 saturated carbocycles. The first-order valence-electron chi connectivity index (χ1n) is 7.27. The summed E-state index contributed by atoms with van der Waals surface area (Å²) in [4.78, 5) is 25.1. The third kappa shape index (κ3) is 2.30. The Morgan fingerprint density at radius 1 is 1.25 bits per heavy atom. The highest BCUT2D eigenvalue weighted by Crippen LogP contribution is 2.36. The van der Waals surface area contributed by atoms with E-state index in [0.717, 1.165) is 19.3 Å². The van der Waals surface area contributed by atoms with Gasteiger partial charge in [0.15, 0.2) is 0 Å². The molecule has 0 bridgehead atoms. The summed E-state index contributed by atoms with van der Waals surface area (Å²) in [5.41, 5.74) is 2.61. The molecule has 4 nitrogen and oxygen atoms in total. The van der Waals surface area contributed by atoms with Crippen molar-refractivity contribution < 1.29 is 14.7 Å². The number of likely N-dealkylation sites (tertiary alicyclic amines) is 1. The van der Waals surface area contributed by atoms with Crippen LogP contribution in [0.3, 0.4) is 0 Å². The van der Waals surface area contributed by atoms with Crippen LogP contribution in [0.2, 0.25) is 0 Å². The van der Waals surface area contributed by atoms with Gasteiger partial charge in [-0.2, -0.15) is 0 Å². The number of fused-ring (bicyclic) bond motifs is 1. The van der Waals surface area contributed by atoms with E-state index in [-0.39, 0.29) is 11.8 Å². The normalized spacial score (nSPS) is 24.7. The largest absolute Gasteiger partial charge is 0.480 e. The minimum absolute atomic E-state index is 0.00315. The van der Waals surface area contributed by atoms with E-state index >= 15 is 0 Å². The number of carboxylic acids is 1. The summed E-state index contributed by atoms with van der Waals surface area (Å²) in [6.45, 7) is 0.587. The minimum Gasteiger partial charge on any atom is -0.480 e. The van der Waals surface area contributed by atoms with Crippen LogP contribution in [0.15, 0.2) is 24.3 Å². The number of carbonyl (C=O) groups is 2. The Balaban J connectivity index is 1.70. The van der Waals surface area contributed by atoms with Gasteiger partial charge in [0.2, 0.25) is 5.91 Å². The molecule has 1 amide bonds. The van der Waals surface area contributed by atoms with Crippen LogP contribution in [0.4, 0.5) is 0 Å². The number of rotatable bonds is 3. The van der Waals surface area contributed by atoms with E-state index < -0.39 is 12.0 Å². The van der Waals surface area contributed by atoms with Gasteiger partial charge < -0.3 is 10.0 Å². The topological polar surface area (TPSA) is 57.6 Å². The van der Waals surface area contributed by atoms with Gasteiger partial charge in [0.1, 0.15) is 6.04 Å². The average molecular weight is 273 g/mol. The van der Waals surface area contributed by atoms with E-state index in [1.165, 1.54) is 11.1 Å². The molecule has 1 N–H and O–H groups in total. The molecule has 1 aromatic carbocycles. The molecule has 106 valence electrons. The number of carbonyl (C=O) groups excluding carboxylic acids is 1. The summed E-state index contributed by atoms with van der Waals surface area (Å²) in [7, 11) is 0. The SMILES string of the molecule is O=C(O)[C@@H]1CCCN1C(=O)CC1CCc2ccccc21. The lowest BCUT2D eigenvalue weighted by Gasteiger charge is -2.23. The fourth-order valence-corrected chi connectivity index (χ4v) is 3.51. The van der Waals surface area contributed by atoms with Gasteiger partial charge in [-0.15, -0.1) is 0 Å². The standard InChI is InChI=1S/C16H19NO3/c18-15(17-9-3-6-14(17)16(19)20)10-12-8-7-11-4-1-2-5-13(11)12/h1-2,4-5,12,14H,3,6-10H2,(H,19,20)/t12?,14-/m0/s1. The zero-order valence-corrected chi connectivity index (χ0v) is 11.4. The van der Waals surface area contributed by atoms with Crippen LogP contribution in [0, 0.1) is 0 Å². The molecular formula is C16H19NO3. The fraction of sp³-hybridized carbons (Fsp3) is 0.500. The summed E-state index contributed by atoms with van der Waals surface area (Å²) < 4.78 is 0. The van der Waals surface area contributed by atoms with Crippen molar-refractivity contribution in [2.75, 3.05) is 6.54 Å². The smallest absolute Gasteiger partial charge is 0.326 e. The number of nitrogens with zero attached hydrogens (tertiary/aromatic N) is 1. The second-order valence-corrected chi connectivity index (χ2v) is 5.72. The molecule has 1 fully saturated rings. The first-order valence-corrected chi connectivity index (χ1v) is 7.27. The van der Waals surface area contributed by atoms with Gasteiger partial charge in [0, 0.05) is 13.0 Å². The number of carboxylic acid groups (broad SMARTS) is 1. The Hall–Kier alpha value is -1.84. The molecule has 20 heavy (non-hydrogen) atoms. The maximum Gasteiger partial charge on any atom is 0.326 e. The van der Waals surface area contributed by atoms with Gasteiger partial charge in [-0.3, -0.25) is 4.79 Å². The van der Waals surface area contributed by atoms with E-state index in [4.69, 9.17) is 5.11 Å². The molecule has 1 aromatic rings. The zero-order valence-electron chi connectivity index (χ0n) is 11.4. The lowest BCUT2D eigenvalue weighted by molar-refractivity contribution is -0.148. The van der Waals surface area contributed by atoms with Crippen LogP contribution < -0.4 is 0 Å². The molecule has 1 saturated heterocycles. The quantitative estimate of drug-likeness (QED) is 0.918. The molecule has 1 unspecified atom stereocenters. The molecule has 1 aliphatic carbocycles. The highest BCUT2D eigenvalue weighted by molar-refractivity contribution is 5.84. The Morgan fingerprint density at radius 3 is 2.85 bits per heavy atom. The Labute approximate surface area is 118 Å². The van der Waals surface area contributed by atoms with Crippen molar-refractivity contribution in [3.05, 3.63) is 35.4 Å². The monoisotopic (exact) mass is 273 g/mol. The lowest BCUT2D eigenvalue weighted by Crippen LogP contribution is -2.40. The van der Waals surface area contributed by atoms with Crippen molar-refractivity contribution >= 4 is 11.9 Å². The van der Waals surface area contributed by atoms with Crippen LogP contribution in [0.5, 0.6) is 0 Å². The van der Waals surface area contributed by atoms with Crippen LogP contribution in [-0.2, 0) is 16.0 Å². The van der Waals surface area contributed by atoms with Crippen molar-refractivity contribution in [3.8, 4) is 0 Å². The Morgan fingerprint density at radius 2 is 2.05 bits per heavy atom. The average Bonchev–Trinajstić information content (AvgIpc) is 3.06. The third-order valence-corrected chi connectivity index (χ3v) is 4.54. The highest BCUT2D eigenvalue weighted by atomic mass is 16.4. The van der Waals surface area contributed by atoms with Gasteiger partial charge in [0.05, 0.1) is 0 Å². The van der Waals surface area contributed by atoms with E-state index in [1.54, 1.807) is 4.90 Å². The molecule has 0 spiro atoms. The van der Waals surface area contributed by atoms with Gasteiger partial charge in [-0.05, 0) is 42.7 Å². The van der Waals surface area contributed by atoms with Crippen LogP contribution in [-0.4, -0.2) is 34.5 Å². The predicted molar refractivity (Wildman–Crippen MR) is 74.5 cm³/mol. The number of aryl methyl sites for hydroxylation is 1. The van der Waals surface area contributed by atoms with Gasteiger partial charge >= 0.3 is 5.97 Å². The molecule has 0 aromatic heterocycles. The van der Waals surface area contributed by atoms with Crippen LogP contribution >= 0.6 is 0 Å². The summed E-state index contributed by atoms with van der Waals surface area (Å²) in [6, 6.07) is 7.65. The van der Waals surface area contributed by atoms with Crippen molar-refractivity contribution in [2.45, 2.75) is 44.1 Å². The molecule has 0 radical (unpaired) electrons. The number of hydrogen-bond acceptors (Lipinski definition) is 2. The summed E-state index contributed by atoms with van der Waals surface area (Å²) in [6.07, 6.45) is 3.85. The Kier molecular flexibility index (Phi) is 3.47. The number of benzene rings is 1. The van der Waals surface area contributed by atoms with Gasteiger partial charge in [0.25, 0.3) is 0 Å². The number of amides is 1. The third-order valence-electron chi connectivity index (χ3n) is 4.54. The van der Waals surface area contributed by atoms with E-state index in [2.05, 4.69) is 12.1 Å². The molecular weight excluding hydrogens is 254 g/mol. The maximum atomic E-state index is 12.4. The highest BCUT2D eigenvalue weighted by Gasteiger charge is 2.35. The first kappa shape index (κ1) is 13.2. The Bertz CT molecular complexity index is 540. The number of hydrogen-bond donors (Lipinski definition) is 1. The molecule has 3 rings (SSSR count). The van der Waals surface area contributed by atoms with E-state index in [9.17, 15) is 9.59 Å². The summed E-state index contributed by atoms with van der Waals surface area (Å²) in [5, 5.41) is 9.16. The van der Waals surface area contributed by atoms with Crippen molar-refractivity contribution in [1.29, 1.82) is 0 Å². The maximum absolute atomic E-state index is 12.4. The second-order valence-electron chi connectivity index (χ2n) is 5.72. The van der Waals surface area contributed by atoms with E-state index in [0.29, 0.717) is 19.4 Å². The molecule has 1 aliphatic heterocycles. The molecule has 1 heterocycles. The van der Waals surface area contributed by atoms with Crippen molar-refractivity contribution in [1.82, 2.24) is 4.90 Å². The van der Waals surface area contributed by atoms with Crippen LogP contribution in [0.1, 0.15) is 42.7 Å². The summed E-state index contributed by atoms with van der Waals surface area (Å²) in [5.74, 6) is -0.618. The minimum atomic E-state index is -0.873. The van der Waals surface area contributed by atoms with E-state index in [1.807, 2.05) is 12.1 Å². The first-order chi connectivity index (χ1) is 9.66. The van der Waals surface area contributed by atoms with Crippen molar-refractivity contribution in [2.24, 2.45) is 0 Å². The van der Waals surface area contributed by atoms with Gasteiger partial charge in [-0.1, -0.05) is 24.3 Å². The zero-order chi connectivity index (χ0) is 14.1. The fourth-order valence-electron chi connectivity index (χ4n) is 3.51. The molecule has 2 atom stereocenters. The van der Waals surface area contributed by atoms with Gasteiger partial charge in [-0.25, -0.2) is 4.79 Å². The number of aliphatic carboxylic acids is 1. The van der Waals surface area contributed by atoms with Crippen LogP contribution in [0.25, 0.3) is 0 Å². The second kappa shape index (κ2) is 5.27. The molecule has 4 heteroatoms. The molecule has 2 aliphatic rings. The lowest BCUT2D eigenvalue weighted by atomic mass is 9.97. The predicted octanol–water partition coefficient (Wildman–Crippen LogP) is 2.18.